The molecule has 1 aliphatic rings. The van der Waals surface area contributed by atoms with E-state index in [4.69, 9.17) is 4.74 Å². The molecule has 5 nitrogen and oxygen atoms in total. The molecule has 1 N–H and O–H groups in total. The van der Waals surface area contributed by atoms with Gasteiger partial charge in [0.2, 0.25) is 0 Å². The van der Waals surface area contributed by atoms with E-state index in [1.165, 1.54) is 35.9 Å². The molecule has 1 aromatic carbocycles. The normalized spacial score (nSPS) is 14.3. The molecule has 0 aromatic heterocycles. The molecule has 0 bridgehead atoms. The van der Waals surface area contributed by atoms with Crippen LogP contribution in [0.5, 0.6) is 5.75 Å². The summed E-state index contributed by atoms with van der Waals surface area (Å²) in [6, 6.07) is 7.27. The van der Waals surface area contributed by atoms with Gasteiger partial charge in [-0.15, -0.1) is 11.8 Å². The fraction of sp³-hybridized carbons (Fsp3) is 0.545. The van der Waals surface area contributed by atoms with E-state index >= 15 is 0 Å². The molecule has 2 rings (SSSR count). The lowest BCUT2D eigenvalue weighted by Crippen LogP contribution is -2.32. The number of imide groups is 1. The first-order chi connectivity index (χ1) is 13.6. The van der Waals surface area contributed by atoms with Crippen LogP contribution in [0.15, 0.2) is 29.2 Å². The molecule has 1 aliphatic heterocycles. The van der Waals surface area contributed by atoms with Gasteiger partial charge >= 0.3 is 0 Å². The van der Waals surface area contributed by atoms with Gasteiger partial charge in [0.05, 0.1) is 23.7 Å². The highest BCUT2D eigenvalue weighted by atomic mass is 32.2. The summed E-state index contributed by atoms with van der Waals surface area (Å²) in [5.41, 5.74) is 1.16. The van der Waals surface area contributed by atoms with Crippen LogP contribution in [0.3, 0.4) is 0 Å². The van der Waals surface area contributed by atoms with Gasteiger partial charge in [0.1, 0.15) is 5.75 Å². The number of amides is 2. The summed E-state index contributed by atoms with van der Waals surface area (Å²) in [5, 5.41) is 9.17. The number of hydrogen-bond acceptors (Lipinski definition) is 5. The topological polar surface area (TPSA) is 66.8 Å². The number of aliphatic hydroxyl groups excluding tert-OH is 1. The van der Waals surface area contributed by atoms with E-state index < -0.39 is 0 Å². The molecule has 28 heavy (non-hydrogen) atoms. The van der Waals surface area contributed by atoms with Crippen molar-refractivity contribution in [2.45, 2.75) is 52.4 Å². The van der Waals surface area contributed by atoms with Crippen LogP contribution in [0, 0.1) is 0 Å². The summed E-state index contributed by atoms with van der Waals surface area (Å²) in [6.45, 7) is 5.08. The number of rotatable bonds is 13. The van der Waals surface area contributed by atoms with Crippen LogP contribution < -0.4 is 4.74 Å². The Labute approximate surface area is 172 Å². The van der Waals surface area contributed by atoms with Crippen molar-refractivity contribution in [3.8, 4) is 5.75 Å². The number of carbonyl (C=O) groups excluding carboxylic acids is 2. The van der Waals surface area contributed by atoms with Gasteiger partial charge in [0, 0.05) is 12.3 Å². The predicted octanol–water partition coefficient (Wildman–Crippen LogP) is 4.25. The molecule has 0 spiro atoms. The first-order valence-corrected chi connectivity index (χ1v) is 11.2. The summed E-state index contributed by atoms with van der Waals surface area (Å²) in [4.78, 5) is 27.7. The van der Waals surface area contributed by atoms with E-state index in [-0.39, 0.29) is 18.4 Å². The Morgan fingerprint density at radius 2 is 1.64 bits per heavy atom. The third-order valence-corrected chi connectivity index (χ3v) is 5.71. The summed E-state index contributed by atoms with van der Waals surface area (Å²) in [7, 11) is 0. The average molecular weight is 406 g/mol. The van der Waals surface area contributed by atoms with Gasteiger partial charge in [-0.2, -0.15) is 0 Å². The molecular formula is C22H31NO4S. The number of hydrogen-bond donors (Lipinski definition) is 1. The van der Waals surface area contributed by atoms with Gasteiger partial charge in [-0.05, 0) is 31.0 Å². The largest absolute Gasteiger partial charge is 0.494 e. The zero-order chi connectivity index (χ0) is 20.4. The lowest BCUT2D eigenvalue weighted by Gasteiger charge is -2.15. The van der Waals surface area contributed by atoms with Crippen LogP contribution >= 0.6 is 11.8 Å². The number of benzene rings is 1. The van der Waals surface area contributed by atoms with Crippen molar-refractivity contribution in [3.05, 3.63) is 34.7 Å². The molecule has 154 valence electrons. The number of thioether (sulfide) groups is 1. The maximum Gasteiger partial charge on any atom is 0.267 e. The second-order valence-corrected chi connectivity index (χ2v) is 7.87. The van der Waals surface area contributed by atoms with E-state index in [1.807, 2.05) is 31.2 Å². The molecule has 0 radical (unpaired) electrons. The Bertz CT molecular complexity index is 684. The number of carbonyl (C=O) groups is 2. The fourth-order valence-electron chi connectivity index (χ4n) is 3.23. The highest BCUT2D eigenvalue weighted by molar-refractivity contribution is 8.04. The van der Waals surface area contributed by atoms with Gasteiger partial charge in [-0.25, -0.2) is 0 Å². The Kier molecular flexibility index (Phi) is 9.58. The molecule has 0 saturated heterocycles. The SMILES string of the molecule is CCCCCCCCN1C(=O)C(SCCO)=C(c2ccc(OCC)cc2)C1=O. The summed E-state index contributed by atoms with van der Waals surface area (Å²) < 4.78 is 5.46. The van der Waals surface area contributed by atoms with Gasteiger partial charge in [0.15, 0.2) is 0 Å². The monoisotopic (exact) mass is 405 g/mol. The van der Waals surface area contributed by atoms with Crippen LogP contribution in [0.2, 0.25) is 0 Å². The van der Waals surface area contributed by atoms with Crippen molar-refractivity contribution in [1.29, 1.82) is 0 Å². The molecule has 0 atom stereocenters. The van der Waals surface area contributed by atoms with E-state index in [1.54, 1.807) is 0 Å². The molecule has 2 amide bonds. The quantitative estimate of drug-likeness (QED) is 0.392. The van der Waals surface area contributed by atoms with E-state index in [9.17, 15) is 14.7 Å². The van der Waals surface area contributed by atoms with Crippen LogP contribution in [0.25, 0.3) is 5.57 Å². The fourth-order valence-corrected chi connectivity index (χ4v) is 4.11. The molecule has 1 aromatic rings. The predicted molar refractivity (Wildman–Crippen MR) is 114 cm³/mol. The minimum absolute atomic E-state index is 0.0381. The van der Waals surface area contributed by atoms with E-state index in [2.05, 4.69) is 6.92 Å². The Balaban J connectivity index is 2.11. The Morgan fingerprint density at radius 3 is 2.29 bits per heavy atom. The standard InChI is InChI=1S/C22H31NO4S/c1-3-5-6-7-8-9-14-23-21(25)19(20(22(23)26)28-16-15-24)17-10-12-18(13-11-17)27-4-2/h10-13,24H,3-9,14-16H2,1-2H3. The van der Waals surface area contributed by atoms with Crippen molar-refractivity contribution in [3.63, 3.8) is 0 Å². The van der Waals surface area contributed by atoms with Crippen molar-refractivity contribution >= 4 is 29.1 Å². The van der Waals surface area contributed by atoms with Crippen LogP contribution in [0.1, 0.15) is 57.9 Å². The maximum atomic E-state index is 13.0. The van der Waals surface area contributed by atoms with Gasteiger partial charge in [-0.1, -0.05) is 51.2 Å². The minimum atomic E-state index is -0.235. The van der Waals surface area contributed by atoms with Crippen molar-refractivity contribution < 1.29 is 19.4 Å². The van der Waals surface area contributed by atoms with Gasteiger partial charge in [-0.3, -0.25) is 14.5 Å². The number of ether oxygens (including phenoxy) is 1. The summed E-state index contributed by atoms with van der Waals surface area (Å²) in [6.07, 6.45) is 6.61. The van der Waals surface area contributed by atoms with Crippen LogP contribution in [-0.2, 0) is 9.59 Å². The number of aliphatic hydroxyl groups is 1. The second kappa shape index (κ2) is 11.9. The molecule has 6 heteroatoms. The minimum Gasteiger partial charge on any atom is -0.494 e. The van der Waals surface area contributed by atoms with E-state index in [0.717, 1.165) is 25.0 Å². The molecule has 0 fully saturated rings. The second-order valence-electron chi connectivity index (χ2n) is 6.76. The smallest absolute Gasteiger partial charge is 0.267 e. The molecular weight excluding hydrogens is 374 g/mol. The third kappa shape index (κ3) is 5.85. The summed E-state index contributed by atoms with van der Waals surface area (Å²) >= 11 is 1.25. The Morgan fingerprint density at radius 1 is 0.964 bits per heavy atom. The Hall–Kier alpha value is -1.79. The lowest BCUT2D eigenvalue weighted by atomic mass is 10.1. The van der Waals surface area contributed by atoms with Gasteiger partial charge < -0.3 is 9.84 Å². The van der Waals surface area contributed by atoms with Gasteiger partial charge in [0.25, 0.3) is 11.8 Å². The lowest BCUT2D eigenvalue weighted by molar-refractivity contribution is -0.136. The molecule has 0 unspecified atom stereocenters. The first kappa shape index (κ1) is 22.5. The van der Waals surface area contributed by atoms with Crippen molar-refractivity contribution in [1.82, 2.24) is 4.90 Å². The zero-order valence-corrected chi connectivity index (χ0v) is 17.7. The average Bonchev–Trinajstić information content (AvgIpc) is 2.93. The molecule has 1 heterocycles. The third-order valence-electron chi connectivity index (χ3n) is 4.65. The van der Waals surface area contributed by atoms with Crippen molar-refractivity contribution in [2.24, 2.45) is 0 Å². The highest BCUT2D eigenvalue weighted by Crippen LogP contribution is 2.36. The van der Waals surface area contributed by atoms with Crippen molar-refractivity contribution in [2.75, 3.05) is 25.5 Å². The first-order valence-electron chi connectivity index (χ1n) is 10.2. The number of nitrogens with zero attached hydrogens (tertiary/aromatic N) is 1. The highest BCUT2D eigenvalue weighted by Gasteiger charge is 2.38. The number of unbranched alkanes of at least 4 members (excludes halogenated alkanes) is 5. The maximum absolute atomic E-state index is 13.0. The van der Waals surface area contributed by atoms with Crippen LogP contribution in [0.4, 0.5) is 0 Å². The molecule has 0 saturated carbocycles. The van der Waals surface area contributed by atoms with Crippen LogP contribution in [-0.4, -0.2) is 47.3 Å². The molecule has 0 aliphatic carbocycles. The van der Waals surface area contributed by atoms with E-state index in [0.29, 0.717) is 34.9 Å². The zero-order valence-electron chi connectivity index (χ0n) is 16.9. The summed E-state index contributed by atoms with van der Waals surface area (Å²) in [5.74, 6) is 0.654.